The maximum Gasteiger partial charge on any atom is 0.240 e. The van der Waals surface area contributed by atoms with E-state index in [1.807, 2.05) is 4.57 Å². The molecule has 12 heavy (non-hydrogen) atoms. The molecule has 64 valence electrons. The third kappa shape index (κ3) is 0.995. The van der Waals surface area contributed by atoms with Gasteiger partial charge in [0.25, 0.3) is 0 Å². The summed E-state index contributed by atoms with van der Waals surface area (Å²) in [7, 11) is 0. The Morgan fingerprint density at radius 3 is 3.33 bits per heavy atom. The summed E-state index contributed by atoms with van der Waals surface area (Å²) in [6, 6.07) is 0. The highest BCUT2D eigenvalue weighted by Crippen LogP contribution is 2.10. The molecule has 1 N–H and O–H groups in total. The molecule has 0 unspecified atom stereocenters. The van der Waals surface area contributed by atoms with Gasteiger partial charge in [-0.2, -0.15) is 0 Å². The molecule has 0 aromatic carbocycles. The van der Waals surface area contributed by atoms with Crippen molar-refractivity contribution in [2.75, 3.05) is 0 Å². The lowest BCUT2D eigenvalue weighted by atomic mass is 10.2. The highest BCUT2D eigenvalue weighted by molar-refractivity contribution is 5.76. The largest absolute Gasteiger partial charge is 0.349 e. The Labute approximate surface area is 70.6 Å². The molecule has 2 rings (SSSR count). The Bertz CT molecular complexity index is 316. The van der Waals surface area contributed by atoms with E-state index in [1.54, 1.807) is 6.33 Å². The van der Waals surface area contributed by atoms with Gasteiger partial charge in [0.15, 0.2) is 0 Å². The predicted octanol–water partition coefficient (Wildman–Crippen LogP) is 0.0753. The molecule has 4 nitrogen and oxygen atoms in total. The number of aryl methyl sites for hydroxylation is 1. The summed E-state index contributed by atoms with van der Waals surface area (Å²) in [4.78, 5) is 15.2. The molecule has 1 aromatic heterocycles. The molecule has 1 aromatic rings. The maximum atomic E-state index is 11.0. The van der Waals surface area contributed by atoms with Gasteiger partial charge in [-0.3, -0.25) is 4.79 Å². The summed E-state index contributed by atoms with van der Waals surface area (Å²) < 4.78 is 1.91. The molecule has 0 radical (unpaired) electrons. The van der Waals surface area contributed by atoms with Crippen molar-refractivity contribution >= 4 is 5.91 Å². The quantitative estimate of drug-likeness (QED) is 0.640. The highest BCUT2D eigenvalue weighted by Gasteiger charge is 2.16. The van der Waals surface area contributed by atoms with Gasteiger partial charge in [0, 0.05) is 0 Å². The zero-order valence-corrected chi connectivity index (χ0v) is 7.00. The average molecular weight is 165 g/mol. The van der Waals surface area contributed by atoms with E-state index in [0.29, 0.717) is 13.1 Å². The summed E-state index contributed by atoms with van der Waals surface area (Å²) >= 11 is 0. The van der Waals surface area contributed by atoms with E-state index in [-0.39, 0.29) is 5.91 Å². The van der Waals surface area contributed by atoms with Crippen LogP contribution in [0.4, 0.5) is 0 Å². The molecule has 0 bridgehead atoms. The minimum absolute atomic E-state index is 0.0718. The van der Waals surface area contributed by atoms with Crippen molar-refractivity contribution in [3.8, 4) is 0 Å². The number of hydrogen-bond donors (Lipinski definition) is 1. The van der Waals surface area contributed by atoms with Crippen LogP contribution in [-0.2, 0) is 24.3 Å². The van der Waals surface area contributed by atoms with Gasteiger partial charge in [-0.15, -0.1) is 0 Å². The van der Waals surface area contributed by atoms with Gasteiger partial charge in [-0.05, 0) is 6.42 Å². The molecule has 1 aliphatic rings. The second kappa shape index (κ2) is 2.62. The van der Waals surface area contributed by atoms with Crippen molar-refractivity contribution in [1.82, 2.24) is 14.9 Å². The molecule has 0 fully saturated rings. The first-order chi connectivity index (χ1) is 5.81. The van der Waals surface area contributed by atoms with E-state index in [1.165, 1.54) is 0 Å². The van der Waals surface area contributed by atoms with Crippen LogP contribution >= 0.6 is 0 Å². The average Bonchev–Trinajstić information content (AvgIpc) is 2.46. The number of aromatic nitrogens is 2. The number of fused-ring (bicyclic) bond motifs is 1. The summed E-state index contributed by atoms with van der Waals surface area (Å²) in [5, 5.41) is 2.80. The van der Waals surface area contributed by atoms with Crippen LogP contribution in [0.3, 0.4) is 0 Å². The summed E-state index contributed by atoms with van der Waals surface area (Å²) in [5.41, 5.74) is 2.24. The Morgan fingerprint density at radius 2 is 2.58 bits per heavy atom. The smallest absolute Gasteiger partial charge is 0.240 e. The minimum atomic E-state index is 0.0718. The standard InChI is InChI=1S/C8H11N3O/c1-2-6-7-3-9-8(12)4-11(7)5-10-6/h5H,2-4H2,1H3,(H,9,12). The number of carbonyl (C=O) groups is 1. The lowest BCUT2D eigenvalue weighted by molar-refractivity contribution is -0.122. The van der Waals surface area contributed by atoms with Crippen LogP contribution in [0.15, 0.2) is 6.33 Å². The molecule has 0 atom stereocenters. The summed E-state index contributed by atoms with van der Waals surface area (Å²) in [5.74, 6) is 0.0718. The fraction of sp³-hybridized carbons (Fsp3) is 0.500. The Balaban J connectivity index is 2.38. The fourth-order valence-electron chi connectivity index (χ4n) is 1.48. The van der Waals surface area contributed by atoms with E-state index in [2.05, 4.69) is 17.2 Å². The van der Waals surface area contributed by atoms with Crippen LogP contribution < -0.4 is 5.32 Å². The number of carbonyl (C=O) groups excluding carboxylic acids is 1. The van der Waals surface area contributed by atoms with E-state index in [9.17, 15) is 4.79 Å². The molecule has 2 heterocycles. The number of hydrogen-bond acceptors (Lipinski definition) is 2. The molecule has 0 saturated carbocycles. The highest BCUT2D eigenvalue weighted by atomic mass is 16.2. The first-order valence-corrected chi connectivity index (χ1v) is 4.11. The van der Waals surface area contributed by atoms with Crippen LogP contribution in [0, 0.1) is 0 Å². The van der Waals surface area contributed by atoms with Crippen LogP contribution in [-0.4, -0.2) is 15.5 Å². The lowest BCUT2D eigenvalue weighted by Gasteiger charge is -2.15. The van der Waals surface area contributed by atoms with E-state index < -0.39 is 0 Å². The molecule has 0 aliphatic carbocycles. The molecule has 0 saturated heterocycles. The number of rotatable bonds is 1. The van der Waals surface area contributed by atoms with E-state index >= 15 is 0 Å². The van der Waals surface area contributed by atoms with Gasteiger partial charge in [0.2, 0.25) is 5.91 Å². The number of imidazole rings is 1. The number of amides is 1. The van der Waals surface area contributed by atoms with E-state index in [0.717, 1.165) is 17.8 Å². The van der Waals surface area contributed by atoms with Gasteiger partial charge >= 0.3 is 0 Å². The zero-order chi connectivity index (χ0) is 8.55. The fourth-order valence-corrected chi connectivity index (χ4v) is 1.48. The topological polar surface area (TPSA) is 46.9 Å². The third-order valence-electron chi connectivity index (χ3n) is 2.13. The molecule has 4 heteroatoms. The Morgan fingerprint density at radius 1 is 1.75 bits per heavy atom. The van der Waals surface area contributed by atoms with Crippen LogP contribution in [0.2, 0.25) is 0 Å². The minimum Gasteiger partial charge on any atom is -0.349 e. The Kier molecular flexibility index (Phi) is 1.60. The molecule has 0 spiro atoms. The van der Waals surface area contributed by atoms with Gasteiger partial charge in [-0.25, -0.2) is 4.98 Å². The van der Waals surface area contributed by atoms with Crippen molar-refractivity contribution < 1.29 is 4.79 Å². The monoisotopic (exact) mass is 165 g/mol. The van der Waals surface area contributed by atoms with E-state index in [4.69, 9.17) is 0 Å². The van der Waals surface area contributed by atoms with Crippen molar-refractivity contribution in [3.63, 3.8) is 0 Å². The lowest BCUT2D eigenvalue weighted by Crippen LogP contribution is -2.34. The van der Waals surface area contributed by atoms with Gasteiger partial charge in [0.1, 0.15) is 6.54 Å². The molecule has 1 aliphatic heterocycles. The number of nitrogens with zero attached hydrogens (tertiary/aromatic N) is 2. The first-order valence-electron chi connectivity index (χ1n) is 4.11. The van der Waals surface area contributed by atoms with Crippen molar-refractivity contribution in [2.45, 2.75) is 26.4 Å². The van der Waals surface area contributed by atoms with Crippen molar-refractivity contribution in [1.29, 1.82) is 0 Å². The summed E-state index contributed by atoms with van der Waals surface area (Å²) in [6.07, 6.45) is 2.67. The van der Waals surface area contributed by atoms with Gasteiger partial charge in [-0.1, -0.05) is 6.92 Å². The Hall–Kier alpha value is -1.32. The van der Waals surface area contributed by atoms with Crippen LogP contribution in [0.25, 0.3) is 0 Å². The van der Waals surface area contributed by atoms with Crippen molar-refractivity contribution in [2.24, 2.45) is 0 Å². The normalized spacial score (nSPS) is 15.6. The second-order valence-electron chi connectivity index (χ2n) is 2.90. The van der Waals surface area contributed by atoms with Gasteiger partial charge < -0.3 is 9.88 Å². The first kappa shape index (κ1) is 7.34. The van der Waals surface area contributed by atoms with Crippen LogP contribution in [0.1, 0.15) is 18.3 Å². The maximum absolute atomic E-state index is 11.0. The SMILES string of the molecule is CCc1ncn2c1CNC(=O)C2. The third-order valence-corrected chi connectivity index (χ3v) is 2.13. The van der Waals surface area contributed by atoms with Crippen LogP contribution in [0.5, 0.6) is 0 Å². The predicted molar refractivity (Wildman–Crippen MR) is 43.5 cm³/mol. The zero-order valence-electron chi connectivity index (χ0n) is 7.00. The summed E-state index contributed by atoms with van der Waals surface area (Å²) in [6.45, 7) is 3.12. The molecular weight excluding hydrogens is 154 g/mol. The van der Waals surface area contributed by atoms with Crippen molar-refractivity contribution in [3.05, 3.63) is 17.7 Å². The second-order valence-corrected chi connectivity index (χ2v) is 2.90. The van der Waals surface area contributed by atoms with Gasteiger partial charge in [0.05, 0.1) is 24.3 Å². The number of nitrogens with one attached hydrogen (secondary N) is 1. The molecular formula is C8H11N3O. The molecule has 1 amide bonds.